The molecule has 128 valence electrons. The Morgan fingerprint density at radius 3 is 2.33 bits per heavy atom. The number of nitrogens with zero attached hydrogens (tertiary/aromatic N) is 2. The van der Waals surface area contributed by atoms with Crippen molar-refractivity contribution in [3.63, 3.8) is 0 Å². The number of nitrogens with two attached hydrogens (primary N) is 2. The van der Waals surface area contributed by atoms with Crippen LogP contribution in [0.25, 0.3) is 0 Å². The highest BCUT2D eigenvalue weighted by Gasteiger charge is 2.14. The van der Waals surface area contributed by atoms with Gasteiger partial charge in [0.05, 0.1) is 11.3 Å². The van der Waals surface area contributed by atoms with Crippen molar-refractivity contribution >= 4 is 17.4 Å². The molecule has 1 aromatic rings. The summed E-state index contributed by atoms with van der Waals surface area (Å²) in [7, 11) is 0. The van der Waals surface area contributed by atoms with E-state index in [9.17, 15) is 4.79 Å². The number of amidine groups is 1. The zero-order chi connectivity index (χ0) is 17.9. The standard InChI is InChI=1S/C17H24N4O.CHN/c1-12-7-9-14(10-8-12)21-16(18)15(17(19)22)11-20-13-5-3-2-4-6-13;1-2/h7-11,13,20H,2-6H2,1H3,(H2,18,21)(H2,19,22);1H/b15-11+;. The van der Waals surface area contributed by atoms with E-state index in [1.54, 1.807) is 6.20 Å². The monoisotopic (exact) mass is 327 g/mol. The van der Waals surface area contributed by atoms with Crippen molar-refractivity contribution < 1.29 is 4.79 Å². The molecule has 0 bridgehead atoms. The SMILES string of the molecule is C#N.Cc1ccc(N=C(N)/C(=C\NC2CCCCC2)C(N)=O)cc1. The van der Waals surface area contributed by atoms with E-state index in [0.717, 1.165) is 18.4 Å². The summed E-state index contributed by atoms with van der Waals surface area (Å²) in [6, 6.07) is 7.99. The maximum Gasteiger partial charge on any atom is 0.253 e. The number of rotatable bonds is 5. The third kappa shape index (κ3) is 6.13. The lowest BCUT2D eigenvalue weighted by Crippen LogP contribution is -2.32. The van der Waals surface area contributed by atoms with Crippen molar-refractivity contribution in [2.45, 2.75) is 45.1 Å². The number of hydrogen-bond donors (Lipinski definition) is 3. The Hall–Kier alpha value is -2.81. The van der Waals surface area contributed by atoms with Gasteiger partial charge >= 0.3 is 0 Å². The molecule has 0 aliphatic heterocycles. The Kier molecular flexibility index (Phi) is 8.06. The van der Waals surface area contributed by atoms with E-state index >= 15 is 0 Å². The lowest BCUT2D eigenvalue weighted by atomic mass is 9.95. The van der Waals surface area contributed by atoms with Crippen LogP contribution in [0.4, 0.5) is 5.69 Å². The Labute approximate surface area is 143 Å². The second kappa shape index (κ2) is 10.1. The Balaban J connectivity index is 0.00000139. The molecule has 1 fully saturated rings. The molecule has 1 amide bonds. The van der Waals surface area contributed by atoms with Crippen LogP contribution in [-0.2, 0) is 4.79 Å². The first kappa shape index (κ1) is 19.2. The average Bonchev–Trinajstić information content (AvgIpc) is 2.59. The number of carbonyl (C=O) groups excluding carboxylic acids is 1. The number of hydrogen-bond acceptors (Lipinski definition) is 4. The first-order valence-corrected chi connectivity index (χ1v) is 7.99. The molecule has 0 aromatic heterocycles. The summed E-state index contributed by atoms with van der Waals surface area (Å²) in [6.07, 6.45) is 7.54. The molecule has 24 heavy (non-hydrogen) atoms. The second-order valence-electron chi connectivity index (χ2n) is 5.76. The van der Waals surface area contributed by atoms with E-state index < -0.39 is 5.91 Å². The van der Waals surface area contributed by atoms with Crippen LogP contribution in [0.1, 0.15) is 37.7 Å². The van der Waals surface area contributed by atoms with Gasteiger partial charge in [0, 0.05) is 18.8 Å². The number of aryl methyl sites for hydroxylation is 1. The lowest BCUT2D eigenvalue weighted by Gasteiger charge is -2.22. The molecule has 0 radical (unpaired) electrons. The van der Waals surface area contributed by atoms with Crippen LogP contribution in [0.15, 0.2) is 41.0 Å². The summed E-state index contributed by atoms with van der Waals surface area (Å²) < 4.78 is 0. The molecule has 0 heterocycles. The zero-order valence-electron chi connectivity index (χ0n) is 14.0. The summed E-state index contributed by atoms with van der Waals surface area (Å²) in [5, 5.41) is 9.76. The molecular weight excluding hydrogens is 302 g/mol. The van der Waals surface area contributed by atoms with Gasteiger partial charge in [0.1, 0.15) is 5.84 Å². The van der Waals surface area contributed by atoms with Gasteiger partial charge in [0.15, 0.2) is 0 Å². The van der Waals surface area contributed by atoms with Gasteiger partial charge < -0.3 is 16.8 Å². The molecule has 2 rings (SSSR count). The molecule has 0 spiro atoms. The predicted octanol–water partition coefficient (Wildman–Crippen LogP) is 2.42. The predicted molar refractivity (Wildman–Crippen MR) is 96.4 cm³/mol. The number of nitrogens with one attached hydrogen (secondary N) is 1. The molecular formula is C18H25N5O. The van der Waals surface area contributed by atoms with Crippen LogP contribution in [0.3, 0.4) is 0 Å². The Morgan fingerprint density at radius 1 is 1.21 bits per heavy atom. The minimum Gasteiger partial charge on any atom is -0.387 e. The van der Waals surface area contributed by atoms with Gasteiger partial charge in [-0.25, -0.2) is 10.3 Å². The smallest absolute Gasteiger partial charge is 0.253 e. The minimum absolute atomic E-state index is 0.139. The highest BCUT2D eigenvalue weighted by Crippen LogP contribution is 2.18. The first-order chi connectivity index (χ1) is 11.6. The number of amides is 1. The van der Waals surface area contributed by atoms with Crippen LogP contribution < -0.4 is 16.8 Å². The molecule has 0 unspecified atom stereocenters. The van der Waals surface area contributed by atoms with Gasteiger partial charge in [-0.1, -0.05) is 37.0 Å². The molecule has 0 saturated heterocycles. The molecule has 1 aliphatic rings. The van der Waals surface area contributed by atoms with Crippen LogP contribution in [0.5, 0.6) is 0 Å². The molecule has 6 nitrogen and oxygen atoms in total. The fourth-order valence-electron chi connectivity index (χ4n) is 2.56. The summed E-state index contributed by atoms with van der Waals surface area (Å²) in [5.74, 6) is -0.434. The van der Waals surface area contributed by atoms with Crippen molar-refractivity contribution in [3.8, 4) is 6.57 Å². The third-order valence-corrected chi connectivity index (χ3v) is 3.89. The van der Waals surface area contributed by atoms with Crippen molar-refractivity contribution in [3.05, 3.63) is 41.6 Å². The number of benzene rings is 1. The van der Waals surface area contributed by atoms with Crippen LogP contribution in [0.2, 0.25) is 0 Å². The largest absolute Gasteiger partial charge is 0.387 e. The number of nitriles is 1. The molecule has 0 atom stereocenters. The molecule has 1 aliphatic carbocycles. The zero-order valence-corrected chi connectivity index (χ0v) is 14.0. The van der Waals surface area contributed by atoms with Gasteiger partial charge in [-0.2, -0.15) is 0 Å². The summed E-state index contributed by atoms with van der Waals surface area (Å²) in [5.41, 5.74) is 13.4. The number of aliphatic imine (C=N–C) groups is 1. The summed E-state index contributed by atoms with van der Waals surface area (Å²) in [6.45, 7) is 5.50. The fraction of sp³-hybridized carbons (Fsp3) is 0.389. The van der Waals surface area contributed by atoms with E-state index in [2.05, 4.69) is 16.9 Å². The van der Waals surface area contributed by atoms with Gasteiger partial charge in [-0.05, 0) is 31.9 Å². The van der Waals surface area contributed by atoms with Gasteiger partial charge in [-0.3, -0.25) is 4.79 Å². The van der Waals surface area contributed by atoms with E-state index in [1.807, 2.05) is 31.2 Å². The molecule has 5 N–H and O–H groups in total. The third-order valence-electron chi connectivity index (χ3n) is 3.89. The Morgan fingerprint density at radius 2 is 1.79 bits per heavy atom. The van der Waals surface area contributed by atoms with Gasteiger partial charge in [-0.15, -0.1) is 0 Å². The molecule has 1 aromatic carbocycles. The lowest BCUT2D eigenvalue weighted by molar-refractivity contribution is -0.114. The van der Waals surface area contributed by atoms with E-state index in [1.165, 1.54) is 19.3 Å². The van der Waals surface area contributed by atoms with Crippen LogP contribution in [-0.4, -0.2) is 17.8 Å². The van der Waals surface area contributed by atoms with E-state index in [-0.39, 0.29) is 11.4 Å². The fourth-order valence-corrected chi connectivity index (χ4v) is 2.56. The normalized spacial score (nSPS) is 16.0. The van der Waals surface area contributed by atoms with Crippen molar-refractivity contribution in [2.24, 2.45) is 16.5 Å². The Bertz CT molecular complexity index is 610. The second-order valence-corrected chi connectivity index (χ2v) is 5.76. The topological polar surface area (TPSA) is 117 Å². The minimum atomic E-state index is -0.573. The highest BCUT2D eigenvalue weighted by atomic mass is 16.1. The maximum absolute atomic E-state index is 11.6. The quantitative estimate of drug-likeness (QED) is 0.437. The van der Waals surface area contributed by atoms with Crippen molar-refractivity contribution in [1.82, 2.24) is 5.32 Å². The average molecular weight is 327 g/mol. The molecule has 1 saturated carbocycles. The number of carbonyl (C=O) groups is 1. The van der Waals surface area contributed by atoms with Crippen molar-refractivity contribution in [2.75, 3.05) is 0 Å². The summed E-state index contributed by atoms with van der Waals surface area (Å²) >= 11 is 0. The van der Waals surface area contributed by atoms with E-state index in [0.29, 0.717) is 11.7 Å². The van der Waals surface area contributed by atoms with Crippen LogP contribution >= 0.6 is 0 Å². The molecule has 6 heteroatoms. The number of primary amides is 1. The van der Waals surface area contributed by atoms with E-state index in [4.69, 9.17) is 16.7 Å². The van der Waals surface area contributed by atoms with Crippen LogP contribution in [0, 0.1) is 18.8 Å². The summed E-state index contributed by atoms with van der Waals surface area (Å²) in [4.78, 5) is 15.9. The van der Waals surface area contributed by atoms with Gasteiger partial charge in [0.2, 0.25) is 0 Å². The highest BCUT2D eigenvalue weighted by molar-refractivity contribution is 6.20. The van der Waals surface area contributed by atoms with Crippen molar-refractivity contribution in [1.29, 1.82) is 5.26 Å². The van der Waals surface area contributed by atoms with Gasteiger partial charge in [0.25, 0.3) is 5.91 Å². The maximum atomic E-state index is 11.6. The first-order valence-electron chi connectivity index (χ1n) is 7.99.